The third kappa shape index (κ3) is 7.11. The van der Waals surface area contributed by atoms with Crippen molar-refractivity contribution in [2.75, 3.05) is 7.11 Å². The van der Waals surface area contributed by atoms with Gasteiger partial charge in [0.05, 0.1) is 7.11 Å². The summed E-state index contributed by atoms with van der Waals surface area (Å²) in [6.45, 7) is 0. The Labute approximate surface area is 130 Å². The van der Waals surface area contributed by atoms with Crippen molar-refractivity contribution in [3.05, 3.63) is 29.3 Å². The molecule has 1 aromatic carbocycles. The van der Waals surface area contributed by atoms with Crippen LogP contribution in [0.5, 0.6) is 5.75 Å². The van der Waals surface area contributed by atoms with E-state index in [0.717, 1.165) is 31.4 Å². The predicted octanol–water partition coefficient (Wildman–Crippen LogP) is 3.29. The largest absolute Gasteiger partial charge is 0.497 e. The van der Waals surface area contributed by atoms with Gasteiger partial charge in [-0.2, -0.15) is 0 Å². The molecule has 0 aliphatic heterocycles. The molecule has 0 saturated heterocycles. The van der Waals surface area contributed by atoms with Crippen LogP contribution in [0.15, 0.2) is 18.2 Å². The fraction of sp³-hybridized carbons (Fsp3) is 0.529. The lowest BCUT2D eigenvalue weighted by atomic mass is 9.96. The van der Waals surface area contributed by atoms with Crippen molar-refractivity contribution in [3.63, 3.8) is 0 Å². The topological polar surface area (TPSA) is 83.8 Å². The van der Waals surface area contributed by atoms with Gasteiger partial charge in [0.2, 0.25) is 0 Å². The highest BCUT2D eigenvalue weighted by Gasteiger charge is 2.06. The van der Waals surface area contributed by atoms with Crippen molar-refractivity contribution in [3.8, 4) is 5.75 Å². The number of ether oxygens (including phenoxy) is 1. The Hall–Kier alpha value is -2.04. The normalized spacial score (nSPS) is 10.4. The molecule has 2 N–H and O–H groups in total. The van der Waals surface area contributed by atoms with Crippen LogP contribution in [-0.2, 0) is 22.4 Å². The van der Waals surface area contributed by atoms with Gasteiger partial charge in [-0.25, -0.2) is 0 Å². The number of carbonyl (C=O) groups is 2. The fourth-order valence-electron chi connectivity index (χ4n) is 2.39. The Bertz CT molecular complexity index is 496. The molecule has 0 aliphatic carbocycles. The number of benzene rings is 1. The second-order valence-electron chi connectivity index (χ2n) is 5.34. The number of hydrogen-bond acceptors (Lipinski definition) is 3. The van der Waals surface area contributed by atoms with Crippen molar-refractivity contribution in [2.24, 2.45) is 0 Å². The molecule has 0 aliphatic rings. The Kier molecular flexibility index (Phi) is 8.04. The molecule has 122 valence electrons. The molecule has 0 saturated carbocycles. The van der Waals surface area contributed by atoms with Crippen molar-refractivity contribution in [1.29, 1.82) is 0 Å². The number of hydrogen-bond donors (Lipinski definition) is 2. The second kappa shape index (κ2) is 9.82. The van der Waals surface area contributed by atoms with E-state index in [1.165, 1.54) is 11.1 Å². The Morgan fingerprint density at radius 2 is 1.45 bits per heavy atom. The first-order valence-corrected chi connectivity index (χ1v) is 7.62. The van der Waals surface area contributed by atoms with Crippen LogP contribution in [0.25, 0.3) is 0 Å². The van der Waals surface area contributed by atoms with Crippen LogP contribution in [0, 0.1) is 0 Å². The third-order valence-corrected chi connectivity index (χ3v) is 3.59. The molecular weight excluding hydrogens is 284 g/mol. The first-order valence-electron chi connectivity index (χ1n) is 7.62. The van der Waals surface area contributed by atoms with Crippen molar-refractivity contribution in [2.45, 2.75) is 51.4 Å². The fourth-order valence-corrected chi connectivity index (χ4v) is 2.39. The molecule has 0 radical (unpaired) electrons. The number of unbranched alkanes of at least 4 members (excludes halogenated alkanes) is 2. The lowest BCUT2D eigenvalue weighted by Gasteiger charge is -2.11. The molecule has 1 aromatic rings. The monoisotopic (exact) mass is 308 g/mol. The minimum absolute atomic E-state index is 0.192. The summed E-state index contributed by atoms with van der Waals surface area (Å²) < 4.78 is 5.24. The van der Waals surface area contributed by atoms with E-state index in [9.17, 15) is 9.59 Å². The number of aliphatic carboxylic acids is 2. The van der Waals surface area contributed by atoms with E-state index in [2.05, 4.69) is 0 Å². The number of methoxy groups -OCH3 is 1. The summed E-state index contributed by atoms with van der Waals surface area (Å²) >= 11 is 0. The summed E-state index contributed by atoms with van der Waals surface area (Å²) in [5.41, 5.74) is 2.36. The molecule has 1 rings (SSSR count). The van der Waals surface area contributed by atoms with Crippen molar-refractivity contribution in [1.82, 2.24) is 0 Å². The molecule has 0 heterocycles. The predicted molar refractivity (Wildman–Crippen MR) is 83.4 cm³/mol. The zero-order valence-electron chi connectivity index (χ0n) is 13.0. The lowest BCUT2D eigenvalue weighted by molar-refractivity contribution is -0.138. The highest BCUT2D eigenvalue weighted by atomic mass is 16.5. The number of rotatable bonds is 11. The molecule has 0 atom stereocenters. The summed E-state index contributed by atoms with van der Waals surface area (Å²) in [4.78, 5) is 21.1. The lowest BCUT2D eigenvalue weighted by Crippen LogP contribution is -2.00. The molecule has 0 spiro atoms. The number of carboxylic acid groups (broad SMARTS) is 2. The van der Waals surface area contributed by atoms with Crippen LogP contribution < -0.4 is 4.74 Å². The van der Waals surface area contributed by atoms with Gasteiger partial charge in [-0.05, 0) is 61.8 Å². The van der Waals surface area contributed by atoms with E-state index in [1.54, 1.807) is 7.11 Å². The van der Waals surface area contributed by atoms with Gasteiger partial charge in [0.1, 0.15) is 5.75 Å². The van der Waals surface area contributed by atoms with Gasteiger partial charge >= 0.3 is 11.9 Å². The molecule has 5 heteroatoms. The summed E-state index contributed by atoms with van der Waals surface area (Å²) in [5.74, 6) is -0.731. The van der Waals surface area contributed by atoms with Crippen LogP contribution in [0.2, 0.25) is 0 Å². The molecule has 0 amide bonds. The van der Waals surface area contributed by atoms with Crippen LogP contribution in [0.1, 0.15) is 49.7 Å². The minimum Gasteiger partial charge on any atom is -0.497 e. The SMILES string of the molecule is COc1ccc(CCCCC(=O)O)c(CCCCC(=O)O)c1. The maximum atomic E-state index is 10.5. The van der Waals surface area contributed by atoms with Gasteiger partial charge < -0.3 is 14.9 Å². The van der Waals surface area contributed by atoms with E-state index in [-0.39, 0.29) is 12.8 Å². The van der Waals surface area contributed by atoms with E-state index in [0.29, 0.717) is 12.8 Å². The van der Waals surface area contributed by atoms with Crippen LogP contribution >= 0.6 is 0 Å². The van der Waals surface area contributed by atoms with E-state index >= 15 is 0 Å². The quantitative estimate of drug-likeness (QED) is 0.613. The highest BCUT2D eigenvalue weighted by molar-refractivity contribution is 5.66. The van der Waals surface area contributed by atoms with E-state index in [1.807, 2.05) is 18.2 Å². The van der Waals surface area contributed by atoms with Gasteiger partial charge in [-0.1, -0.05) is 6.07 Å². The first kappa shape index (κ1) is 18.0. The molecule has 0 fully saturated rings. The average molecular weight is 308 g/mol. The van der Waals surface area contributed by atoms with Gasteiger partial charge in [-0.15, -0.1) is 0 Å². The number of carboxylic acids is 2. The van der Waals surface area contributed by atoms with Crippen molar-refractivity contribution >= 4 is 11.9 Å². The average Bonchev–Trinajstić information content (AvgIpc) is 2.48. The van der Waals surface area contributed by atoms with Crippen LogP contribution in [-0.4, -0.2) is 29.3 Å². The maximum Gasteiger partial charge on any atom is 0.303 e. The molecule has 22 heavy (non-hydrogen) atoms. The number of aryl methyl sites for hydroxylation is 2. The Balaban J connectivity index is 2.57. The molecule has 0 unspecified atom stereocenters. The molecule has 5 nitrogen and oxygen atoms in total. The summed E-state index contributed by atoms with van der Waals surface area (Å²) in [6, 6.07) is 5.92. The third-order valence-electron chi connectivity index (χ3n) is 3.59. The molecule has 0 aromatic heterocycles. The van der Waals surface area contributed by atoms with Crippen LogP contribution in [0.3, 0.4) is 0 Å². The standard InChI is InChI=1S/C17H24O5/c1-22-15-11-10-13(6-2-4-8-16(18)19)14(12-15)7-3-5-9-17(20)21/h10-12H,2-9H2,1H3,(H,18,19)(H,20,21). The van der Waals surface area contributed by atoms with Crippen molar-refractivity contribution < 1.29 is 24.5 Å². The summed E-state index contributed by atoms with van der Waals surface area (Å²) in [6.07, 6.45) is 5.03. The van der Waals surface area contributed by atoms with Gasteiger partial charge in [0.25, 0.3) is 0 Å². The van der Waals surface area contributed by atoms with Gasteiger partial charge in [0.15, 0.2) is 0 Å². The minimum atomic E-state index is -0.764. The van der Waals surface area contributed by atoms with Gasteiger partial charge in [-0.3, -0.25) is 9.59 Å². The summed E-state index contributed by atoms with van der Waals surface area (Å²) in [7, 11) is 1.62. The molecule has 0 bridgehead atoms. The van der Waals surface area contributed by atoms with Crippen LogP contribution in [0.4, 0.5) is 0 Å². The Morgan fingerprint density at radius 3 is 1.95 bits per heavy atom. The Morgan fingerprint density at radius 1 is 0.909 bits per heavy atom. The maximum absolute atomic E-state index is 10.5. The zero-order chi connectivity index (χ0) is 16.4. The second-order valence-corrected chi connectivity index (χ2v) is 5.34. The molecular formula is C17H24O5. The first-order chi connectivity index (χ1) is 10.5. The van der Waals surface area contributed by atoms with E-state index in [4.69, 9.17) is 14.9 Å². The highest BCUT2D eigenvalue weighted by Crippen LogP contribution is 2.22. The zero-order valence-corrected chi connectivity index (χ0v) is 13.0. The van der Waals surface area contributed by atoms with Gasteiger partial charge in [0, 0.05) is 12.8 Å². The summed E-state index contributed by atoms with van der Waals surface area (Å²) in [5, 5.41) is 17.3. The van der Waals surface area contributed by atoms with E-state index < -0.39 is 11.9 Å². The smallest absolute Gasteiger partial charge is 0.303 e.